The molecule has 0 radical (unpaired) electrons. The van der Waals surface area contributed by atoms with E-state index in [4.69, 9.17) is 4.74 Å². The van der Waals surface area contributed by atoms with Crippen molar-refractivity contribution in [2.45, 2.75) is 13.3 Å². The molecule has 0 spiro atoms. The third-order valence-corrected chi connectivity index (χ3v) is 2.84. The molecule has 17 heavy (non-hydrogen) atoms. The molecule has 1 aliphatic rings. The largest absolute Gasteiger partial charge is 0.379 e. The van der Waals surface area contributed by atoms with Crippen molar-refractivity contribution in [1.29, 1.82) is 0 Å². The first kappa shape index (κ1) is 12.3. The lowest BCUT2D eigenvalue weighted by atomic mass is 10.3. The first-order chi connectivity index (χ1) is 8.34. The highest BCUT2D eigenvalue weighted by Gasteiger charge is 2.08. The van der Waals surface area contributed by atoms with Crippen molar-refractivity contribution in [2.75, 3.05) is 44.7 Å². The lowest BCUT2D eigenvalue weighted by Crippen LogP contribution is -2.37. The van der Waals surface area contributed by atoms with E-state index in [-0.39, 0.29) is 0 Å². The van der Waals surface area contributed by atoms with Crippen molar-refractivity contribution in [3.05, 3.63) is 18.1 Å². The van der Waals surface area contributed by atoms with Gasteiger partial charge in [-0.1, -0.05) is 0 Å². The molecule has 2 rings (SSSR count). The molecule has 1 saturated heterocycles. The number of ether oxygens (including phenoxy) is 1. The zero-order valence-electron chi connectivity index (χ0n) is 10.4. The van der Waals surface area contributed by atoms with Gasteiger partial charge in [0.2, 0.25) is 0 Å². The third kappa shape index (κ3) is 4.28. The Morgan fingerprint density at radius 2 is 2.24 bits per heavy atom. The van der Waals surface area contributed by atoms with Crippen LogP contribution in [-0.2, 0) is 4.74 Å². The van der Waals surface area contributed by atoms with Gasteiger partial charge in [0.05, 0.1) is 13.2 Å². The Morgan fingerprint density at radius 1 is 1.41 bits per heavy atom. The predicted octanol–water partition coefficient (Wildman–Crippen LogP) is 0.919. The molecule has 2 heterocycles. The van der Waals surface area contributed by atoms with Gasteiger partial charge in [-0.15, -0.1) is 0 Å². The van der Waals surface area contributed by atoms with Gasteiger partial charge in [-0.2, -0.15) is 0 Å². The molecule has 0 saturated carbocycles. The van der Waals surface area contributed by atoms with Crippen molar-refractivity contribution in [2.24, 2.45) is 0 Å². The highest BCUT2D eigenvalue weighted by Crippen LogP contribution is 2.02. The molecule has 0 aliphatic carbocycles. The minimum Gasteiger partial charge on any atom is -0.379 e. The van der Waals surface area contributed by atoms with Crippen LogP contribution in [0.2, 0.25) is 0 Å². The van der Waals surface area contributed by atoms with E-state index in [9.17, 15) is 0 Å². The quantitative estimate of drug-likeness (QED) is 0.770. The lowest BCUT2D eigenvalue weighted by molar-refractivity contribution is 0.0378. The van der Waals surface area contributed by atoms with Crippen LogP contribution in [0.4, 0.5) is 5.82 Å². The Balaban J connectivity index is 1.62. The number of rotatable bonds is 5. The fraction of sp³-hybridized carbons (Fsp3) is 0.667. The first-order valence-electron chi connectivity index (χ1n) is 6.18. The zero-order chi connectivity index (χ0) is 11.9. The van der Waals surface area contributed by atoms with Gasteiger partial charge in [0.25, 0.3) is 0 Å². The van der Waals surface area contributed by atoms with E-state index in [0.717, 1.165) is 57.5 Å². The van der Waals surface area contributed by atoms with Gasteiger partial charge < -0.3 is 10.1 Å². The average Bonchev–Trinajstić information content (AvgIpc) is 2.36. The summed E-state index contributed by atoms with van der Waals surface area (Å²) in [5.41, 5.74) is 0. The van der Waals surface area contributed by atoms with Crippen LogP contribution < -0.4 is 5.32 Å². The Morgan fingerprint density at radius 3 is 3.00 bits per heavy atom. The second-order valence-electron chi connectivity index (χ2n) is 4.22. The summed E-state index contributed by atoms with van der Waals surface area (Å²) in [6, 6.07) is 1.90. The number of aryl methyl sites for hydroxylation is 1. The summed E-state index contributed by atoms with van der Waals surface area (Å²) in [5.74, 6) is 1.72. The number of hydrogen-bond acceptors (Lipinski definition) is 5. The van der Waals surface area contributed by atoms with Crippen LogP contribution in [0, 0.1) is 6.92 Å². The Bertz CT molecular complexity index is 339. The number of aromatic nitrogens is 2. The van der Waals surface area contributed by atoms with Crippen molar-refractivity contribution < 1.29 is 4.74 Å². The molecule has 1 aromatic heterocycles. The molecule has 5 heteroatoms. The van der Waals surface area contributed by atoms with Gasteiger partial charge >= 0.3 is 0 Å². The summed E-state index contributed by atoms with van der Waals surface area (Å²) < 4.78 is 5.31. The highest BCUT2D eigenvalue weighted by atomic mass is 16.5. The molecule has 5 nitrogen and oxygen atoms in total. The Kier molecular flexibility index (Phi) is 4.70. The summed E-state index contributed by atoms with van der Waals surface area (Å²) in [5, 5.41) is 3.32. The molecule has 0 atom stereocenters. The molecular formula is C12H20N4O. The summed E-state index contributed by atoms with van der Waals surface area (Å²) in [6.45, 7) is 7.85. The highest BCUT2D eigenvalue weighted by molar-refractivity contribution is 5.32. The smallest absolute Gasteiger partial charge is 0.129 e. The van der Waals surface area contributed by atoms with E-state index in [1.54, 1.807) is 6.20 Å². The molecule has 0 amide bonds. The van der Waals surface area contributed by atoms with Gasteiger partial charge in [-0.05, 0) is 26.0 Å². The van der Waals surface area contributed by atoms with E-state index in [2.05, 4.69) is 20.2 Å². The average molecular weight is 236 g/mol. The number of anilines is 1. The molecule has 0 unspecified atom stereocenters. The topological polar surface area (TPSA) is 50.3 Å². The third-order valence-electron chi connectivity index (χ3n) is 2.84. The number of nitrogens with zero attached hydrogens (tertiary/aromatic N) is 3. The molecule has 1 aromatic rings. The van der Waals surface area contributed by atoms with Crippen LogP contribution in [0.5, 0.6) is 0 Å². The van der Waals surface area contributed by atoms with Crippen LogP contribution in [-0.4, -0.2) is 54.3 Å². The van der Waals surface area contributed by atoms with Gasteiger partial charge in [0.1, 0.15) is 11.6 Å². The Labute approximate surface area is 102 Å². The fourth-order valence-corrected chi connectivity index (χ4v) is 1.90. The normalized spacial score (nSPS) is 17.0. The minimum absolute atomic E-state index is 0.808. The van der Waals surface area contributed by atoms with Crippen LogP contribution in [0.25, 0.3) is 0 Å². The van der Waals surface area contributed by atoms with Gasteiger partial charge in [0.15, 0.2) is 0 Å². The first-order valence-corrected chi connectivity index (χ1v) is 6.18. The molecule has 1 N–H and O–H groups in total. The summed E-state index contributed by atoms with van der Waals surface area (Å²) in [7, 11) is 0. The minimum atomic E-state index is 0.808. The number of nitrogens with one attached hydrogen (secondary N) is 1. The van der Waals surface area contributed by atoms with Gasteiger partial charge in [-0.25, -0.2) is 9.97 Å². The summed E-state index contributed by atoms with van der Waals surface area (Å²) in [6.07, 6.45) is 2.91. The van der Waals surface area contributed by atoms with Crippen molar-refractivity contribution in [3.8, 4) is 0 Å². The molecule has 1 fully saturated rings. The SMILES string of the molecule is Cc1nccc(NCCCN2CCOCC2)n1. The summed E-state index contributed by atoms with van der Waals surface area (Å²) >= 11 is 0. The zero-order valence-corrected chi connectivity index (χ0v) is 10.4. The molecule has 94 valence electrons. The van der Waals surface area contributed by atoms with E-state index in [0.29, 0.717) is 0 Å². The molecule has 1 aliphatic heterocycles. The lowest BCUT2D eigenvalue weighted by Gasteiger charge is -2.26. The molecule has 0 aromatic carbocycles. The van der Waals surface area contributed by atoms with Crippen molar-refractivity contribution >= 4 is 5.82 Å². The van der Waals surface area contributed by atoms with Crippen LogP contribution in [0.3, 0.4) is 0 Å². The van der Waals surface area contributed by atoms with Crippen molar-refractivity contribution in [3.63, 3.8) is 0 Å². The van der Waals surface area contributed by atoms with E-state index in [1.165, 1.54) is 0 Å². The van der Waals surface area contributed by atoms with E-state index >= 15 is 0 Å². The van der Waals surface area contributed by atoms with Crippen LogP contribution >= 0.6 is 0 Å². The number of hydrogen-bond donors (Lipinski definition) is 1. The molecule has 0 bridgehead atoms. The van der Waals surface area contributed by atoms with Crippen LogP contribution in [0.15, 0.2) is 12.3 Å². The maximum Gasteiger partial charge on any atom is 0.129 e. The Hall–Kier alpha value is -1.20. The maximum atomic E-state index is 5.31. The standard InChI is InChI=1S/C12H20N4O/c1-11-13-5-3-12(15-11)14-4-2-6-16-7-9-17-10-8-16/h3,5H,2,4,6-10H2,1H3,(H,13,14,15). The monoisotopic (exact) mass is 236 g/mol. The fourth-order valence-electron chi connectivity index (χ4n) is 1.90. The molecular weight excluding hydrogens is 216 g/mol. The maximum absolute atomic E-state index is 5.31. The van der Waals surface area contributed by atoms with Crippen LogP contribution in [0.1, 0.15) is 12.2 Å². The predicted molar refractivity (Wildman–Crippen MR) is 67.1 cm³/mol. The second-order valence-corrected chi connectivity index (χ2v) is 4.22. The summed E-state index contributed by atoms with van der Waals surface area (Å²) in [4.78, 5) is 10.8. The second kappa shape index (κ2) is 6.51. The van der Waals surface area contributed by atoms with E-state index in [1.807, 2.05) is 13.0 Å². The van der Waals surface area contributed by atoms with E-state index < -0.39 is 0 Å². The van der Waals surface area contributed by atoms with Crippen molar-refractivity contribution in [1.82, 2.24) is 14.9 Å². The van der Waals surface area contributed by atoms with Gasteiger partial charge in [0, 0.05) is 25.8 Å². The number of morpholine rings is 1. The van der Waals surface area contributed by atoms with Gasteiger partial charge in [-0.3, -0.25) is 4.90 Å².